The van der Waals surface area contributed by atoms with E-state index in [2.05, 4.69) is 31.6 Å². The van der Waals surface area contributed by atoms with E-state index in [0.717, 1.165) is 50.6 Å². The van der Waals surface area contributed by atoms with Gasteiger partial charge in [0.1, 0.15) is 11.3 Å². The maximum Gasteiger partial charge on any atom is 0.241 e. The van der Waals surface area contributed by atoms with E-state index >= 15 is 0 Å². The monoisotopic (exact) mass is 512 g/mol. The second-order valence-electron chi connectivity index (χ2n) is 8.95. The minimum Gasteiger partial charge on any atom is -0.492 e. The quantitative estimate of drug-likeness (QED) is 0.468. The fourth-order valence-corrected chi connectivity index (χ4v) is 5.96. The molecule has 36 heavy (non-hydrogen) atoms. The van der Waals surface area contributed by atoms with Gasteiger partial charge in [-0.15, -0.1) is 0 Å². The summed E-state index contributed by atoms with van der Waals surface area (Å²) in [5, 5.41) is 0.560. The van der Waals surface area contributed by atoms with Gasteiger partial charge in [-0.25, -0.2) is 13.1 Å². The van der Waals surface area contributed by atoms with Gasteiger partial charge in [-0.05, 0) is 68.4 Å². The Morgan fingerprint density at radius 1 is 1.03 bits per heavy atom. The summed E-state index contributed by atoms with van der Waals surface area (Å²) in [6.45, 7) is 8.28. The number of hydrogen-bond acceptors (Lipinski definition) is 8. The van der Waals surface area contributed by atoms with Gasteiger partial charge in [0.15, 0.2) is 11.5 Å². The van der Waals surface area contributed by atoms with Crippen molar-refractivity contribution in [1.29, 1.82) is 0 Å². The molecule has 5 rings (SSSR count). The van der Waals surface area contributed by atoms with E-state index in [1.165, 1.54) is 5.56 Å². The molecule has 0 atom stereocenters. The van der Waals surface area contributed by atoms with Crippen LogP contribution in [0.3, 0.4) is 0 Å². The third-order valence-electron chi connectivity index (χ3n) is 6.53. The Hall–Kier alpha value is -2.92. The molecular formula is C26H32N4O5S. The smallest absolute Gasteiger partial charge is 0.241 e. The number of nitrogens with zero attached hydrogens (tertiary/aromatic N) is 3. The van der Waals surface area contributed by atoms with Crippen LogP contribution < -0.4 is 18.9 Å². The van der Waals surface area contributed by atoms with Crippen molar-refractivity contribution < 1.29 is 22.6 Å². The van der Waals surface area contributed by atoms with Gasteiger partial charge in [-0.3, -0.25) is 9.88 Å². The van der Waals surface area contributed by atoms with Gasteiger partial charge < -0.3 is 19.1 Å². The molecule has 1 fully saturated rings. The Balaban J connectivity index is 1.16. The Morgan fingerprint density at radius 3 is 2.75 bits per heavy atom. The molecule has 2 aromatic carbocycles. The summed E-state index contributed by atoms with van der Waals surface area (Å²) in [4.78, 5) is 9.32. The van der Waals surface area contributed by atoms with Gasteiger partial charge in [0.05, 0.1) is 11.5 Å². The average Bonchev–Trinajstić information content (AvgIpc) is 3.23. The standard InChI is InChI=1S/C26H32N4O5S/c1-2-33-23-8-9-25(21-5-3-10-27-26(21)23)36(31,32)28-11-14-29-12-4-13-30(16-15-29)18-20-6-7-22-24(17-20)35-19-34-22/h3,5-10,17,28H,2,4,11-16,18-19H2,1H3. The van der Waals surface area contributed by atoms with Crippen LogP contribution in [0.2, 0.25) is 0 Å². The number of hydrogen-bond donors (Lipinski definition) is 1. The molecule has 3 aromatic rings. The first kappa shape index (κ1) is 24.8. The molecule has 1 saturated heterocycles. The van der Waals surface area contributed by atoms with Gasteiger partial charge in [0, 0.05) is 44.3 Å². The van der Waals surface area contributed by atoms with Crippen LogP contribution in [0.25, 0.3) is 10.9 Å². The highest BCUT2D eigenvalue weighted by Crippen LogP contribution is 2.33. The largest absolute Gasteiger partial charge is 0.492 e. The Kier molecular flexibility index (Phi) is 7.56. The number of pyridine rings is 1. The van der Waals surface area contributed by atoms with Crippen LogP contribution in [0.4, 0.5) is 0 Å². The van der Waals surface area contributed by atoms with Crippen LogP contribution in [-0.2, 0) is 16.6 Å². The highest BCUT2D eigenvalue weighted by molar-refractivity contribution is 7.89. The van der Waals surface area contributed by atoms with E-state index < -0.39 is 10.0 Å². The molecule has 0 spiro atoms. The summed E-state index contributed by atoms with van der Waals surface area (Å²) in [5.74, 6) is 2.20. The minimum atomic E-state index is -3.69. The number of aromatic nitrogens is 1. The van der Waals surface area contributed by atoms with Crippen molar-refractivity contribution >= 4 is 20.9 Å². The van der Waals surface area contributed by atoms with E-state index in [-0.39, 0.29) is 11.7 Å². The molecule has 0 unspecified atom stereocenters. The molecule has 0 aliphatic carbocycles. The summed E-state index contributed by atoms with van der Waals surface area (Å²) in [6.07, 6.45) is 2.68. The highest BCUT2D eigenvalue weighted by Gasteiger charge is 2.21. The minimum absolute atomic E-state index is 0.222. The zero-order valence-electron chi connectivity index (χ0n) is 20.5. The predicted molar refractivity (Wildman–Crippen MR) is 137 cm³/mol. The fraction of sp³-hybridized carbons (Fsp3) is 0.423. The third-order valence-corrected chi connectivity index (χ3v) is 8.05. The maximum absolute atomic E-state index is 13.1. The SMILES string of the molecule is CCOc1ccc(S(=O)(=O)NCCN2CCCN(Cc3ccc4c(c3)OCO4)CC2)c2cccnc12. The van der Waals surface area contributed by atoms with Crippen molar-refractivity contribution in [2.45, 2.75) is 24.8 Å². The van der Waals surface area contributed by atoms with Gasteiger partial charge in [-0.2, -0.15) is 0 Å². The Bertz CT molecular complexity index is 1320. The number of sulfonamides is 1. The topological polar surface area (TPSA) is 93.2 Å². The highest BCUT2D eigenvalue weighted by atomic mass is 32.2. The molecule has 0 amide bonds. The summed E-state index contributed by atoms with van der Waals surface area (Å²) in [7, 11) is -3.69. The lowest BCUT2D eigenvalue weighted by Crippen LogP contribution is -2.37. The van der Waals surface area contributed by atoms with Gasteiger partial charge in [-0.1, -0.05) is 6.07 Å². The predicted octanol–water partition coefficient (Wildman–Crippen LogP) is 2.85. The van der Waals surface area contributed by atoms with Crippen molar-refractivity contribution in [2.75, 3.05) is 52.7 Å². The molecule has 10 heteroatoms. The summed E-state index contributed by atoms with van der Waals surface area (Å²) < 4.78 is 45.6. The van der Waals surface area contributed by atoms with Gasteiger partial charge in [0.2, 0.25) is 16.8 Å². The summed E-state index contributed by atoms with van der Waals surface area (Å²) in [6, 6.07) is 12.9. The molecule has 2 aliphatic heterocycles. The van der Waals surface area contributed by atoms with Gasteiger partial charge >= 0.3 is 0 Å². The van der Waals surface area contributed by atoms with Crippen LogP contribution >= 0.6 is 0 Å². The molecule has 0 radical (unpaired) electrons. The lowest BCUT2D eigenvalue weighted by atomic mass is 10.2. The molecule has 192 valence electrons. The lowest BCUT2D eigenvalue weighted by Gasteiger charge is -2.22. The van der Waals surface area contributed by atoms with Crippen molar-refractivity contribution in [3.63, 3.8) is 0 Å². The second kappa shape index (κ2) is 11.0. The third kappa shape index (κ3) is 5.57. The number of benzene rings is 2. The maximum atomic E-state index is 13.1. The summed E-state index contributed by atoms with van der Waals surface area (Å²) >= 11 is 0. The van der Waals surface area contributed by atoms with Crippen molar-refractivity contribution in [1.82, 2.24) is 19.5 Å². The van der Waals surface area contributed by atoms with Crippen LogP contribution in [0, 0.1) is 0 Å². The van der Waals surface area contributed by atoms with Crippen molar-refractivity contribution in [3.8, 4) is 17.2 Å². The van der Waals surface area contributed by atoms with Crippen LogP contribution in [0.1, 0.15) is 18.9 Å². The molecule has 1 aromatic heterocycles. The zero-order chi connectivity index (χ0) is 25.0. The van der Waals surface area contributed by atoms with Crippen LogP contribution in [0.5, 0.6) is 17.2 Å². The first-order chi connectivity index (χ1) is 17.5. The zero-order valence-corrected chi connectivity index (χ0v) is 21.3. The van der Waals surface area contributed by atoms with E-state index in [9.17, 15) is 8.42 Å². The van der Waals surface area contributed by atoms with Crippen molar-refractivity contribution in [2.24, 2.45) is 0 Å². The number of rotatable bonds is 9. The molecule has 1 N–H and O–H groups in total. The average molecular weight is 513 g/mol. The molecular weight excluding hydrogens is 480 g/mol. The van der Waals surface area contributed by atoms with E-state index in [0.29, 0.717) is 36.3 Å². The van der Waals surface area contributed by atoms with Gasteiger partial charge in [0.25, 0.3) is 0 Å². The van der Waals surface area contributed by atoms with E-state index in [1.807, 2.05) is 13.0 Å². The lowest BCUT2D eigenvalue weighted by molar-refractivity contribution is 0.174. The van der Waals surface area contributed by atoms with E-state index in [1.54, 1.807) is 30.5 Å². The Morgan fingerprint density at radius 2 is 1.86 bits per heavy atom. The number of ether oxygens (including phenoxy) is 3. The number of nitrogens with one attached hydrogen (secondary N) is 1. The first-order valence-electron chi connectivity index (χ1n) is 12.4. The van der Waals surface area contributed by atoms with Crippen molar-refractivity contribution in [3.05, 3.63) is 54.2 Å². The molecule has 3 heterocycles. The molecule has 0 bridgehead atoms. The Labute approximate surface area is 212 Å². The molecule has 0 saturated carbocycles. The van der Waals surface area contributed by atoms with Crippen LogP contribution in [-0.4, -0.2) is 75.9 Å². The summed E-state index contributed by atoms with van der Waals surface area (Å²) in [5.41, 5.74) is 1.76. The fourth-order valence-electron chi connectivity index (χ4n) is 4.75. The van der Waals surface area contributed by atoms with Crippen LogP contribution in [0.15, 0.2) is 53.6 Å². The van der Waals surface area contributed by atoms with E-state index in [4.69, 9.17) is 14.2 Å². The second-order valence-corrected chi connectivity index (χ2v) is 10.7. The normalized spacial score (nSPS) is 16.8. The molecule has 2 aliphatic rings. The first-order valence-corrected chi connectivity index (χ1v) is 13.9. The number of fused-ring (bicyclic) bond motifs is 2. The molecule has 9 nitrogen and oxygen atoms in total.